The van der Waals surface area contributed by atoms with Gasteiger partial charge in [0, 0.05) is 28.3 Å². The van der Waals surface area contributed by atoms with E-state index in [2.05, 4.69) is 13.8 Å². The molecule has 0 saturated carbocycles. The highest BCUT2D eigenvalue weighted by Crippen LogP contribution is 2.41. The number of carboxylic acids is 1. The first-order chi connectivity index (χ1) is 18.0. The van der Waals surface area contributed by atoms with E-state index in [9.17, 15) is 23.7 Å². The molecule has 39 heavy (non-hydrogen) atoms. The monoisotopic (exact) mass is 557 g/mol. The Balaban J connectivity index is 2.51. The number of aryl methyl sites for hydroxylation is 2. The fourth-order valence-electron chi connectivity index (χ4n) is 5.13. The lowest BCUT2D eigenvalue weighted by Crippen LogP contribution is -2.52. The maximum Gasteiger partial charge on any atom is 0.323 e. The van der Waals surface area contributed by atoms with Crippen molar-refractivity contribution in [2.75, 3.05) is 13.6 Å². The Morgan fingerprint density at radius 1 is 1.00 bits per heavy atom. The number of aldehydes is 1. The molecule has 0 aliphatic carbocycles. The van der Waals surface area contributed by atoms with Crippen molar-refractivity contribution in [1.29, 1.82) is 0 Å². The average molecular weight is 558 g/mol. The van der Waals surface area contributed by atoms with Gasteiger partial charge in [0.25, 0.3) is 5.91 Å². The molecule has 2 aromatic carbocycles. The van der Waals surface area contributed by atoms with Crippen LogP contribution >= 0.6 is 0 Å². The lowest BCUT2D eigenvalue weighted by molar-refractivity contribution is -0.137. The minimum atomic E-state index is -1.55. The van der Waals surface area contributed by atoms with E-state index in [0.717, 1.165) is 35.1 Å². The van der Waals surface area contributed by atoms with Crippen LogP contribution in [0.1, 0.15) is 87.0 Å². The minimum Gasteiger partial charge on any atom is -0.480 e. The van der Waals surface area contributed by atoms with Crippen LogP contribution in [0, 0.1) is 19.3 Å². The van der Waals surface area contributed by atoms with E-state index in [4.69, 9.17) is 5.11 Å². The lowest BCUT2D eigenvalue weighted by Gasteiger charge is -2.40. The maximum atomic E-state index is 13.6. The van der Waals surface area contributed by atoms with Crippen LogP contribution in [-0.4, -0.2) is 61.9 Å². The fraction of sp³-hybridized carbons (Fsp3) is 0.516. The summed E-state index contributed by atoms with van der Waals surface area (Å²) in [7, 11) is -0.0817. The molecule has 2 N–H and O–H groups in total. The molecule has 0 bridgehead atoms. The van der Waals surface area contributed by atoms with E-state index in [-0.39, 0.29) is 17.9 Å². The second-order valence-electron chi connectivity index (χ2n) is 11.3. The molecule has 2 aromatic rings. The number of amides is 1. The summed E-state index contributed by atoms with van der Waals surface area (Å²) < 4.78 is 13.6. The Labute approximate surface area is 235 Å². The lowest BCUT2D eigenvalue weighted by atomic mass is 9.70. The van der Waals surface area contributed by atoms with E-state index in [1.807, 2.05) is 44.2 Å². The quantitative estimate of drug-likeness (QED) is 0.354. The molecule has 3 atom stereocenters. The number of likely N-dealkylation sites (N-methyl/N-ethyl adjacent to an activating group) is 1. The number of hydrogen-bond acceptors (Lipinski definition) is 5. The third-order valence-corrected chi connectivity index (χ3v) is 10.6. The van der Waals surface area contributed by atoms with Gasteiger partial charge in [0.1, 0.15) is 12.8 Å². The topological polar surface area (TPSA) is 112 Å². The van der Waals surface area contributed by atoms with Crippen LogP contribution in [0.3, 0.4) is 0 Å². The first-order valence-corrected chi connectivity index (χ1v) is 14.5. The van der Waals surface area contributed by atoms with Crippen LogP contribution in [0.25, 0.3) is 0 Å². The number of carbonyl (C=O) groups excluding carboxylic acids is 2. The van der Waals surface area contributed by atoms with Crippen molar-refractivity contribution in [2.45, 2.75) is 89.4 Å². The van der Waals surface area contributed by atoms with Crippen LogP contribution in [0.2, 0.25) is 0 Å². The summed E-state index contributed by atoms with van der Waals surface area (Å²) in [4.78, 5) is 37.3. The smallest absolute Gasteiger partial charge is 0.323 e. The van der Waals surface area contributed by atoms with Crippen LogP contribution in [0.15, 0.2) is 41.3 Å². The molecule has 3 unspecified atom stereocenters. The van der Waals surface area contributed by atoms with Crippen molar-refractivity contribution in [3.8, 4) is 0 Å². The molecular formula is C31H43NO6S. The van der Waals surface area contributed by atoms with E-state index in [1.54, 1.807) is 33.8 Å². The third-order valence-electron chi connectivity index (χ3n) is 8.59. The molecule has 214 valence electrons. The number of nitrogens with zero attached hydrogens (tertiary/aromatic N) is 1. The number of carboxylic acid groups (broad SMARTS) is 1. The predicted octanol–water partition coefficient (Wildman–Crippen LogP) is 5.04. The van der Waals surface area contributed by atoms with Crippen molar-refractivity contribution in [3.05, 3.63) is 64.2 Å². The molecule has 0 saturated heterocycles. The van der Waals surface area contributed by atoms with Crippen molar-refractivity contribution >= 4 is 29.0 Å². The highest BCUT2D eigenvalue weighted by atomic mass is 32.2. The van der Waals surface area contributed by atoms with Gasteiger partial charge in [-0.05, 0) is 74.9 Å². The number of rotatable bonds is 12. The Morgan fingerprint density at radius 2 is 1.51 bits per heavy atom. The zero-order valence-electron chi connectivity index (χ0n) is 24.6. The number of aliphatic carboxylic acids is 1. The van der Waals surface area contributed by atoms with Crippen LogP contribution in [0.4, 0.5) is 0 Å². The van der Waals surface area contributed by atoms with Gasteiger partial charge < -0.3 is 19.9 Å². The third kappa shape index (κ3) is 6.17. The van der Waals surface area contributed by atoms with Gasteiger partial charge in [0.05, 0.1) is 21.7 Å². The first-order valence-electron chi connectivity index (χ1n) is 13.3. The molecule has 0 aromatic heterocycles. The fourth-order valence-corrected chi connectivity index (χ4v) is 6.81. The van der Waals surface area contributed by atoms with Crippen molar-refractivity contribution in [1.82, 2.24) is 4.90 Å². The zero-order chi connectivity index (χ0) is 29.9. The highest BCUT2D eigenvalue weighted by molar-refractivity contribution is 7.85. The largest absolute Gasteiger partial charge is 0.480 e. The normalized spacial score (nSPS) is 15.2. The van der Waals surface area contributed by atoms with E-state index in [1.165, 1.54) is 11.9 Å². The summed E-state index contributed by atoms with van der Waals surface area (Å²) in [6, 6.07) is 11.6. The zero-order valence-corrected chi connectivity index (χ0v) is 25.4. The first kappa shape index (κ1) is 32.4. The molecule has 0 spiro atoms. The van der Waals surface area contributed by atoms with Gasteiger partial charge in [-0.2, -0.15) is 0 Å². The van der Waals surface area contributed by atoms with E-state index in [0.29, 0.717) is 16.7 Å². The Morgan fingerprint density at radius 3 is 1.95 bits per heavy atom. The van der Waals surface area contributed by atoms with Crippen LogP contribution in [-0.2, 0) is 25.8 Å². The highest BCUT2D eigenvalue weighted by Gasteiger charge is 2.46. The SMILES string of the molecule is CCC(CC)(c1ccc(C(=O)N(C)CC(=O)O)c(C)c1)c1ccc(S(=O)C(C)C(C)(O)C(C)(C)C=O)c(C)c1. The molecule has 0 radical (unpaired) electrons. The van der Waals surface area contributed by atoms with Crippen molar-refractivity contribution < 1.29 is 28.8 Å². The van der Waals surface area contributed by atoms with Gasteiger partial charge in [-0.1, -0.05) is 52.0 Å². The predicted molar refractivity (Wildman–Crippen MR) is 155 cm³/mol. The number of aliphatic hydroxyl groups is 1. The number of benzene rings is 2. The molecule has 2 rings (SSSR count). The molecular weight excluding hydrogens is 514 g/mol. The van der Waals surface area contributed by atoms with Gasteiger partial charge in [-0.25, -0.2) is 0 Å². The number of hydrogen-bond donors (Lipinski definition) is 2. The summed E-state index contributed by atoms with van der Waals surface area (Å²) in [5.74, 6) is -1.41. The van der Waals surface area contributed by atoms with Crippen LogP contribution in [0.5, 0.6) is 0 Å². The van der Waals surface area contributed by atoms with Crippen molar-refractivity contribution in [2.24, 2.45) is 5.41 Å². The van der Waals surface area contributed by atoms with Gasteiger partial charge in [-0.3, -0.25) is 13.8 Å². The maximum absolute atomic E-state index is 13.6. The Hall–Kier alpha value is -2.84. The second kappa shape index (κ2) is 12.1. The summed E-state index contributed by atoms with van der Waals surface area (Å²) in [6.45, 7) is 14.2. The minimum absolute atomic E-state index is 0.342. The van der Waals surface area contributed by atoms with Gasteiger partial charge in [-0.15, -0.1) is 0 Å². The summed E-state index contributed by atoms with van der Waals surface area (Å²) in [5.41, 5.74) is 1.26. The Kier molecular flexibility index (Phi) is 10.1. The molecule has 8 heteroatoms. The standard InChI is InChI=1S/C31H43NO6S/c1-10-31(11-2,23-12-14-25(20(3)16-23)28(36)32(9)18-27(34)35)24-13-15-26(21(4)17-24)39(38)22(5)30(8,37)29(6,7)19-33/h12-17,19,22,37H,10-11,18H2,1-9H3,(H,34,35). The average Bonchev–Trinajstić information content (AvgIpc) is 2.88. The molecule has 0 aliphatic rings. The van der Waals surface area contributed by atoms with Gasteiger partial charge >= 0.3 is 5.97 Å². The van der Waals surface area contributed by atoms with Gasteiger partial charge in [0.2, 0.25) is 0 Å². The summed E-state index contributed by atoms with van der Waals surface area (Å²) >= 11 is 0. The summed E-state index contributed by atoms with van der Waals surface area (Å²) in [5, 5.41) is 19.5. The van der Waals surface area contributed by atoms with Crippen LogP contribution < -0.4 is 0 Å². The molecule has 7 nitrogen and oxygen atoms in total. The number of carbonyl (C=O) groups is 3. The molecule has 0 aliphatic heterocycles. The molecule has 0 fully saturated rings. The van der Waals surface area contributed by atoms with E-state index < -0.39 is 33.0 Å². The van der Waals surface area contributed by atoms with Gasteiger partial charge in [0.15, 0.2) is 0 Å². The van der Waals surface area contributed by atoms with Crippen molar-refractivity contribution in [3.63, 3.8) is 0 Å². The summed E-state index contributed by atoms with van der Waals surface area (Å²) in [6.07, 6.45) is 2.28. The Bertz CT molecular complexity index is 1260. The van der Waals surface area contributed by atoms with E-state index >= 15 is 0 Å². The molecule has 0 heterocycles. The molecule has 1 amide bonds. The second-order valence-corrected chi connectivity index (χ2v) is 13.0.